The molecule has 1 aliphatic rings. The molecule has 1 saturated heterocycles. The molecule has 1 unspecified atom stereocenters. The van der Waals surface area contributed by atoms with Crippen LogP contribution in [0, 0.1) is 5.41 Å². The smallest absolute Gasteiger partial charge is 0.0619 e. The number of hydrogen-bond acceptors (Lipinski definition) is 2. The molecule has 1 aliphatic heterocycles. The topological polar surface area (TPSA) is 21.3 Å². The molecule has 1 heterocycles. The Morgan fingerprint density at radius 2 is 2.07 bits per heavy atom. The molecule has 0 spiro atoms. The summed E-state index contributed by atoms with van der Waals surface area (Å²) in [7, 11) is 0. The molecule has 0 aromatic carbocycles. The molecule has 1 atom stereocenters. The molecule has 0 saturated carbocycles. The van der Waals surface area contributed by atoms with Gasteiger partial charge in [0.1, 0.15) is 0 Å². The van der Waals surface area contributed by atoms with Crippen LogP contribution in [0.25, 0.3) is 0 Å². The van der Waals surface area contributed by atoms with Crippen molar-refractivity contribution in [2.75, 3.05) is 19.8 Å². The first-order valence-corrected chi connectivity index (χ1v) is 5.89. The molecule has 1 fully saturated rings. The fraction of sp³-hybridized carbons (Fsp3) is 1.00. The van der Waals surface area contributed by atoms with E-state index >= 15 is 0 Å². The highest BCUT2D eigenvalue weighted by Crippen LogP contribution is 2.18. The van der Waals surface area contributed by atoms with E-state index in [-0.39, 0.29) is 0 Å². The van der Waals surface area contributed by atoms with E-state index in [4.69, 9.17) is 4.74 Å². The molecule has 0 amide bonds. The van der Waals surface area contributed by atoms with Gasteiger partial charge < -0.3 is 10.1 Å². The van der Waals surface area contributed by atoms with Gasteiger partial charge in [-0.15, -0.1) is 0 Å². The van der Waals surface area contributed by atoms with Crippen LogP contribution in [0.5, 0.6) is 0 Å². The van der Waals surface area contributed by atoms with Crippen molar-refractivity contribution < 1.29 is 4.74 Å². The quantitative estimate of drug-likeness (QED) is 0.703. The Bertz CT molecular complexity index is 145. The Hall–Kier alpha value is -0.0800. The maximum absolute atomic E-state index is 5.69. The average Bonchev–Trinajstić information content (AvgIpc) is 2.13. The lowest BCUT2D eigenvalue weighted by molar-refractivity contribution is 0.0835. The predicted octanol–water partition coefficient (Wildman–Crippen LogP) is 2.58. The normalized spacial score (nSPS) is 23.8. The van der Waals surface area contributed by atoms with Crippen molar-refractivity contribution in [3.05, 3.63) is 0 Å². The summed E-state index contributed by atoms with van der Waals surface area (Å²) in [5.74, 6) is 0. The Labute approximate surface area is 88.4 Å². The predicted molar refractivity (Wildman–Crippen MR) is 60.5 cm³/mol. The van der Waals surface area contributed by atoms with Crippen molar-refractivity contribution >= 4 is 0 Å². The lowest BCUT2D eigenvalue weighted by Crippen LogP contribution is -2.37. The molecule has 2 heteroatoms. The van der Waals surface area contributed by atoms with Gasteiger partial charge in [0.25, 0.3) is 0 Å². The summed E-state index contributed by atoms with van der Waals surface area (Å²) < 4.78 is 5.69. The summed E-state index contributed by atoms with van der Waals surface area (Å²) in [6, 6.07) is 0.615. The Morgan fingerprint density at radius 3 is 2.64 bits per heavy atom. The van der Waals surface area contributed by atoms with Crippen molar-refractivity contribution in [1.29, 1.82) is 0 Å². The third kappa shape index (κ3) is 5.61. The second kappa shape index (κ2) is 5.72. The van der Waals surface area contributed by atoms with E-state index in [0.717, 1.165) is 19.6 Å². The lowest BCUT2D eigenvalue weighted by atomic mass is 9.93. The second-order valence-electron chi connectivity index (χ2n) is 5.53. The molecule has 1 N–H and O–H groups in total. The zero-order chi connectivity index (χ0) is 10.4. The molecule has 0 radical (unpaired) electrons. The van der Waals surface area contributed by atoms with Crippen LogP contribution in [0.3, 0.4) is 0 Å². The monoisotopic (exact) mass is 199 g/mol. The van der Waals surface area contributed by atoms with Gasteiger partial charge in [0.05, 0.1) is 6.61 Å². The van der Waals surface area contributed by atoms with Gasteiger partial charge in [-0.05, 0) is 31.2 Å². The first-order chi connectivity index (χ1) is 6.58. The molecule has 0 aromatic rings. The van der Waals surface area contributed by atoms with Gasteiger partial charge in [-0.2, -0.15) is 0 Å². The van der Waals surface area contributed by atoms with E-state index < -0.39 is 0 Å². The largest absolute Gasteiger partial charge is 0.380 e. The highest BCUT2D eigenvalue weighted by Gasteiger charge is 2.13. The van der Waals surface area contributed by atoms with Crippen LogP contribution >= 0.6 is 0 Å². The first-order valence-electron chi connectivity index (χ1n) is 5.89. The summed E-state index contributed by atoms with van der Waals surface area (Å²) in [5.41, 5.74) is 0.403. The highest BCUT2D eigenvalue weighted by molar-refractivity contribution is 4.71. The van der Waals surface area contributed by atoms with Crippen LogP contribution < -0.4 is 5.32 Å². The van der Waals surface area contributed by atoms with Crippen molar-refractivity contribution in [3.8, 4) is 0 Å². The van der Waals surface area contributed by atoms with Crippen molar-refractivity contribution in [1.82, 2.24) is 5.32 Å². The minimum Gasteiger partial charge on any atom is -0.380 e. The van der Waals surface area contributed by atoms with Crippen molar-refractivity contribution in [2.24, 2.45) is 5.41 Å². The van der Waals surface area contributed by atoms with E-state index in [0.29, 0.717) is 11.5 Å². The molecular weight excluding hydrogens is 174 g/mol. The summed E-state index contributed by atoms with van der Waals surface area (Å²) in [6.45, 7) is 9.75. The maximum Gasteiger partial charge on any atom is 0.0619 e. The summed E-state index contributed by atoms with van der Waals surface area (Å²) in [6.07, 6.45) is 5.13. The molecule has 0 aromatic heterocycles. The number of hydrogen-bond donors (Lipinski definition) is 1. The van der Waals surface area contributed by atoms with E-state index in [2.05, 4.69) is 26.1 Å². The standard InChI is InChI=1S/C12H25NO/c1-12(2,3)7-9-14-10-11-6-4-5-8-13-11/h11,13H,4-10H2,1-3H3. The zero-order valence-corrected chi connectivity index (χ0v) is 9.94. The highest BCUT2D eigenvalue weighted by atomic mass is 16.5. The molecule has 84 valence electrons. The third-order valence-electron chi connectivity index (χ3n) is 2.73. The van der Waals surface area contributed by atoms with Gasteiger partial charge in [0.2, 0.25) is 0 Å². The van der Waals surface area contributed by atoms with E-state index in [9.17, 15) is 0 Å². The molecule has 0 aliphatic carbocycles. The van der Waals surface area contributed by atoms with Crippen LogP contribution in [0.1, 0.15) is 46.5 Å². The molecule has 2 nitrogen and oxygen atoms in total. The number of rotatable bonds is 4. The Balaban J connectivity index is 1.97. The molecule has 0 bridgehead atoms. The second-order valence-corrected chi connectivity index (χ2v) is 5.53. The maximum atomic E-state index is 5.69. The Morgan fingerprint density at radius 1 is 1.29 bits per heavy atom. The minimum absolute atomic E-state index is 0.403. The van der Waals surface area contributed by atoms with Gasteiger partial charge in [-0.1, -0.05) is 27.2 Å². The van der Waals surface area contributed by atoms with Crippen LogP contribution in [0.2, 0.25) is 0 Å². The summed E-state index contributed by atoms with van der Waals surface area (Å²) in [5, 5.41) is 3.49. The van der Waals surface area contributed by atoms with Gasteiger partial charge in [0.15, 0.2) is 0 Å². The molecule has 1 rings (SSSR count). The van der Waals surface area contributed by atoms with Gasteiger partial charge in [-0.25, -0.2) is 0 Å². The summed E-state index contributed by atoms with van der Waals surface area (Å²) in [4.78, 5) is 0. The van der Waals surface area contributed by atoms with E-state index in [1.807, 2.05) is 0 Å². The Kier molecular flexibility index (Phi) is 4.90. The third-order valence-corrected chi connectivity index (χ3v) is 2.73. The lowest BCUT2D eigenvalue weighted by Gasteiger charge is -2.24. The molecule has 14 heavy (non-hydrogen) atoms. The number of ether oxygens (including phenoxy) is 1. The molecular formula is C12H25NO. The van der Waals surface area contributed by atoms with Crippen LogP contribution in [0.15, 0.2) is 0 Å². The van der Waals surface area contributed by atoms with Crippen LogP contribution in [0.4, 0.5) is 0 Å². The fourth-order valence-corrected chi connectivity index (χ4v) is 1.67. The van der Waals surface area contributed by atoms with Gasteiger partial charge >= 0.3 is 0 Å². The zero-order valence-electron chi connectivity index (χ0n) is 9.94. The minimum atomic E-state index is 0.403. The number of piperidine rings is 1. The fourth-order valence-electron chi connectivity index (χ4n) is 1.67. The van der Waals surface area contributed by atoms with E-state index in [1.54, 1.807) is 0 Å². The SMILES string of the molecule is CC(C)(C)CCOCC1CCCCN1. The summed E-state index contributed by atoms with van der Waals surface area (Å²) >= 11 is 0. The average molecular weight is 199 g/mol. The van der Waals surface area contributed by atoms with Crippen molar-refractivity contribution in [3.63, 3.8) is 0 Å². The van der Waals surface area contributed by atoms with Crippen LogP contribution in [-0.2, 0) is 4.74 Å². The number of nitrogens with one attached hydrogen (secondary N) is 1. The van der Waals surface area contributed by atoms with Crippen LogP contribution in [-0.4, -0.2) is 25.8 Å². The van der Waals surface area contributed by atoms with Gasteiger partial charge in [-0.3, -0.25) is 0 Å². The van der Waals surface area contributed by atoms with Crippen molar-refractivity contribution in [2.45, 2.75) is 52.5 Å². The van der Waals surface area contributed by atoms with Gasteiger partial charge in [0, 0.05) is 12.6 Å². The van der Waals surface area contributed by atoms with E-state index in [1.165, 1.54) is 25.8 Å². The first kappa shape index (κ1) is 12.0.